The van der Waals surface area contributed by atoms with Crippen LogP contribution in [0.25, 0.3) is 0 Å². The van der Waals surface area contributed by atoms with Gasteiger partial charge in [0.25, 0.3) is 0 Å². The molecule has 4 heteroatoms. The number of hydrogen-bond acceptors (Lipinski definition) is 2. The second-order valence-electron chi connectivity index (χ2n) is 6.40. The largest absolute Gasteiger partial charge is 0.356 e. The third-order valence-electron chi connectivity index (χ3n) is 5.10. The maximum absolute atomic E-state index is 4.43. The van der Waals surface area contributed by atoms with Crippen molar-refractivity contribution in [2.45, 2.75) is 45.6 Å². The molecule has 0 aliphatic rings. The third-order valence-corrected chi connectivity index (χ3v) is 5.10. The lowest BCUT2D eigenvalue weighted by Gasteiger charge is -2.33. The SMILES string of the molecule is CCC(CC)(CNC(=NC)NCc1ncccc1C)c1ccccc1. The van der Waals surface area contributed by atoms with Crippen LogP contribution in [0.2, 0.25) is 0 Å². The van der Waals surface area contributed by atoms with E-state index < -0.39 is 0 Å². The highest BCUT2D eigenvalue weighted by Crippen LogP contribution is 2.30. The van der Waals surface area contributed by atoms with E-state index in [9.17, 15) is 0 Å². The molecule has 1 aromatic carbocycles. The summed E-state index contributed by atoms with van der Waals surface area (Å²) in [5.74, 6) is 0.812. The number of benzene rings is 1. The van der Waals surface area contributed by atoms with Crippen molar-refractivity contribution in [1.29, 1.82) is 0 Å². The number of nitrogens with one attached hydrogen (secondary N) is 2. The number of hydrogen-bond donors (Lipinski definition) is 2. The van der Waals surface area contributed by atoms with Crippen LogP contribution in [0.3, 0.4) is 0 Å². The molecule has 2 rings (SSSR count). The molecular weight excluding hydrogens is 308 g/mol. The van der Waals surface area contributed by atoms with Crippen LogP contribution < -0.4 is 10.6 Å². The molecule has 0 spiro atoms. The van der Waals surface area contributed by atoms with Crippen molar-refractivity contribution in [1.82, 2.24) is 15.6 Å². The fraction of sp³-hybridized carbons (Fsp3) is 0.429. The minimum Gasteiger partial charge on any atom is -0.356 e. The number of aliphatic imine (C=N–C) groups is 1. The van der Waals surface area contributed by atoms with Gasteiger partial charge in [-0.05, 0) is 37.0 Å². The molecule has 4 nitrogen and oxygen atoms in total. The first kappa shape index (κ1) is 19.0. The normalized spacial score (nSPS) is 12.1. The molecule has 0 saturated carbocycles. The zero-order chi connectivity index (χ0) is 18.1. The summed E-state index contributed by atoms with van der Waals surface area (Å²) in [6.45, 7) is 8.11. The first-order valence-corrected chi connectivity index (χ1v) is 9.05. The molecule has 2 aromatic rings. The van der Waals surface area contributed by atoms with Gasteiger partial charge < -0.3 is 10.6 Å². The van der Waals surface area contributed by atoms with E-state index in [1.165, 1.54) is 11.1 Å². The number of aromatic nitrogens is 1. The van der Waals surface area contributed by atoms with Gasteiger partial charge in [-0.25, -0.2) is 0 Å². The Bertz CT molecular complexity index is 675. The number of nitrogens with zero attached hydrogens (tertiary/aromatic N) is 2. The van der Waals surface area contributed by atoms with Crippen molar-refractivity contribution in [3.8, 4) is 0 Å². The number of rotatable bonds is 7. The highest BCUT2D eigenvalue weighted by molar-refractivity contribution is 5.79. The van der Waals surface area contributed by atoms with Crippen LogP contribution in [0.5, 0.6) is 0 Å². The van der Waals surface area contributed by atoms with E-state index in [4.69, 9.17) is 0 Å². The summed E-state index contributed by atoms with van der Waals surface area (Å²) in [6, 6.07) is 14.8. The van der Waals surface area contributed by atoms with Crippen molar-refractivity contribution in [2.24, 2.45) is 4.99 Å². The van der Waals surface area contributed by atoms with Crippen LogP contribution in [0.15, 0.2) is 53.7 Å². The quantitative estimate of drug-likeness (QED) is 0.596. The Kier molecular flexibility index (Phi) is 6.99. The summed E-state index contributed by atoms with van der Waals surface area (Å²) < 4.78 is 0. The number of aryl methyl sites for hydroxylation is 1. The molecule has 0 radical (unpaired) electrons. The Morgan fingerprint density at radius 2 is 1.76 bits per heavy atom. The van der Waals surface area contributed by atoms with Gasteiger partial charge in [-0.15, -0.1) is 0 Å². The molecule has 1 aromatic heterocycles. The van der Waals surface area contributed by atoms with Crippen molar-refractivity contribution >= 4 is 5.96 Å². The molecule has 25 heavy (non-hydrogen) atoms. The van der Waals surface area contributed by atoms with Gasteiger partial charge >= 0.3 is 0 Å². The lowest BCUT2D eigenvalue weighted by atomic mass is 9.76. The molecule has 0 unspecified atom stereocenters. The Morgan fingerprint density at radius 1 is 1.04 bits per heavy atom. The molecule has 0 saturated heterocycles. The zero-order valence-corrected chi connectivity index (χ0v) is 15.8. The van der Waals surface area contributed by atoms with E-state index in [0.29, 0.717) is 6.54 Å². The van der Waals surface area contributed by atoms with E-state index in [2.05, 4.69) is 77.8 Å². The molecule has 0 atom stereocenters. The average molecular weight is 338 g/mol. The van der Waals surface area contributed by atoms with Gasteiger partial charge in [-0.2, -0.15) is 0 Å². The van der Waals surface area contributed by atoms with Crippen LogP contribution in [0.1, 0.15) is 43.5 Å². The lowest BCUT2D eigenvalue weighted by molar-refractivity contribution is 0.389. The van der Waals surface area contributed by atoms with E-state index >= 15 is 0 Å². The maximum atomic E-state index is 4.43. The van der Waals surface area contributed by atoms with Crippen LogP contribution >= 0.6 is 0 Å². The van der Waals surface area contributed by atoms with Crippen molar-refractivity contribution in [3.63, 3.8) is 0 Å². The molecule has 1 heterocycles. The van der Waals surface area contributed by atoms with Gasteiger partial charge in [-0.3, -0.25) is 9.98 Å². The smallest absolute Gasteiger partial charge is 0.191 e. The molecule has 2 N–H and O–H groups in total. The third kappa shape index (κ3) is 4.81. The van der Waals surface area contributed by atoms with Gasteiger partial charge in [0.15, 0.2) is 5.96 Å². The van der Waals surface area contributed by atoms with E-state index in [1.807, 2.05) is 19.3 Å². The monoisotopic (exact) mass is 338 g/mol. The summed E-state index contributed by atoms with van der Waals surface area (Å²) in [7, 11) is 1.81. The molecular formula is C21H30N4. The molecule has 0 aliphatic heterocycles. The molecule has 0 aliphatic carbocycles. The fourth-order valence-corrected chi connectivity index (χ4v) is 3.15. The summed E-state index contributed by atoms with van der Waals surface area (Å²) in [4.78, 5) is 8.79. The fourth-order valence-electron chi connectivity index (χ4n) is 3.15. The summed E-state index contributed by atoms with van der Waals surface area (Å²) in [6.07, 6.45) is 3.99. The van der Waals surface area contributed by atoms with Gasteiger partial charge in [0.05, 0.1) is 12.2 Å². The summed E-state index contributed by atoms with van der Waals surface area (Å²) in [5.41, 5.74) is 3.72. The van der Waals surface area contributed by atoms with Crippen molar-refractivity contribution in [2.75, 3.05) is 13.6 Å². The molecule has 0 bridgehead atoms. The highest BCUT2D eigenvalue weighted by atomic mass is 15.2. The molecule has 0 amide bonds. The predicted octanol–water partition coefficient (Wildman–Crippen LogP) is 3.81. The second-order valence-corrected chi connectivity index (χ2v) is 6.40. The first-order valence-electron chi connectivity index (χ1n) is 9.05. The Hall–Kier alpha value is -2.36. The number of guanidine groups is 1. The maximum Gasteiger partial charge on any atom is 0.191 e. The highest BCUT2D eigenvalue weighted by Gasteiger charge is 2.28. The van der Waals surface area contributed by atoms with Gasteiger partial charge in [-0.1, -0.05) is 50.2 Å². The molecule has 0 fully saturated rings. The van der Waals surface area contributed by atoms with Gasteiger partial charge in [0, 0.05) is 25.2 Å². The number of pyridine rings is 1. The summed E-state index contributed by atoms with van der Waals surface area (Å²) >= 11 is 0. The topological polar surface area (TPSA) is 49.3 Å². The Labute approximate surface area is 151 Å². The van der Waals surface area contributed by atoms with Gasteiger partial charge in [0.1, 0.15) is 0 Å². The van der Waals surface area contributed by atoms with Crippen molar-refractivity contribution < 1.29 is 0 Å². The second kappa shape index (κ2) is 9.21. The Balaban J connectivity index is 2.02. The van der Waals surface area contributed by atoms with E-state index in [0.717, 1.165) is 31.0 Å². The average Bonchev–Trinajstić information content (AvgIpc) is 2.67. The van der Waals surface area contributed by atoms with Crippen LogP contribution in [0, 0.1) is 6.92 Å². The van der Waals surface area contributed by atoms with Crippen LogP contribution in [-0.4, -0.2) is 24.5 Å². The first-order chi connectivity index (χ1) is 12.1. The standard InChI is InChI=1S/C21H30N4/c1-5-21(6-2,18-12-8-7-9-13-18)16-25-20(22-4)24-15-19-17(3)11-10-14-23-19/h7-14H,5-6,15-16H2,1-4H3,(H2,22,24,25). The minimum atomic E-state index is 0.111. The van der Waals surface area contributed by atoms with Crippen LogP contribution in [0.4, 0.5) is 0 Å². The van der Waals surface area contributed by atoms with E-state index in [1.54, 1.807) is 0 Å². The Morgan fingerprint density at radius 3 is 2.36 bits per heavy atom. The minimum absolute atomic E-state index is 0.111. The predicted molar refractivity (Wildman–Crippen MR) is 106 cm³/mol. The van der Waals surface area contributed by atoms with E-state index in [-0.39, 0.29) is 5.41 Å². The van der Waals surface area contributed by atoms with Crippen molar-refractivity contribution in [3.05, 3.63) is 65.5 Å². The lowest BCUT2D eigenvalue weighted by Crippen LogP contribution is -2.45. The molecule has 134 valence electrons. The summed E-state index contributed by atoms with van der Waals surface area (Å²) in [5, 5.41) is 6.89. The van der Waals surface area contributed by atoms with Gasteiger partial charge in [0.2, 0.25) is 0 Å². The zero-order valence-electron chi connectivity index (χ0n) is 15.8. The van der Waals surface area contributed by atoms with Crippen LogP contribution in [-0.2, 0) is 12.0 Å².